The van der Waals surface area contributed by atoms with E-state index in [1.54, 1.807) is 13.0 Å². The maximum absolute atomic E-state index is 11.5. The van der Waals surface area contributed by atoms with Crippen molar-refractivity contribution in [2.24, 2.45) is 0 Å². The molecule has 4 aromatic rings. The lowest BCUT2D eigenvalue weighted by molar-refractivity contribution is -0.686. The zero-order chi connectivity index (χ0) is 27.2. The molecule has 3 heteroatoms. The van der Waals surface area contributed by atoms with Gasteiger partial charge in [-0.15, -0.1) is 0 Å². The number of carbonyl (C=O) groups is 1. The van der Waals surface area contributed by atoms with Crippen molar-refractivity contribution in [3.8, 4) is 22.4 Å². The maximum atomic E-state index is 11.5. The summed E-state index contributed by atoms with van der Waals surface area (Å²) in [5.74, 6) is 0.644. The standard InChI is InChI=1S/C35H38NO2/c1-23(37)20-24(2)38-19-18-36-17-16-25-12-8-9-13-26(25)33(36)29-22-32-28(21-31(29)34(3,4)5)27-14-10-11-15-30(27)35(32,6)7/h8-17,20-22H,18-19H2,1-7H3/q+1/b24-20-. The van der Waals surface area contributed by atoms with Gasteiger partial charge >= 0.3 is 0 Å². The molecular formula is C35H38NO2+. The van der Waals surface area contributed by atoms with Crippen molar-refractivity contribution in [2.45, 2.75) is 65.8 Å². The van der Waals surface area contributed by atoms with Crippen molar-refractivity contribution < 1.29 is 14.1 Å². The van der Waals surface area contributed by atoms with Gasteiger partial charge in [0, 0.05) is 17.6 Å². The van der Waals surface area contributed by atoms with E-state index in [9.17, 15) is 4.79 Å². The van der Waals surface area contributed by atoms with Gasteiger partial charge in [0.2, 0.25) is 5.69 Å². The van der Waals surface area contributed by atoms with E-state index in [4.69, 9.17) is 4.74 Å². The first-order valence-electron chi connectivity index (χ1n) is 13.5. The summed E-state index contributed by atoms with van der Waals surface area (Å²) in [6.45, 7) is 16.1. The van der Waals surface area contributed by atoms with Crippen molar-refractivity contribution in [1.29, 1.82) is 0 Å². The summed E-state index contributed by atoms with van der Waals surface area (Å²) in [5.41, 5.74) is 9.13. The van der Waals surface area contributed by atoms with E-state index < -0.39 is 0 Å². The summed E-state index contributed by atoms with van der Waals surface area (Å²) in [5, 5.41) is 2.44. The molecule has 0 bridgehead atoms. The van der Waals surface area contributed by atoms with Crippen LogP contribution in [0.2, 0.25) is 0 Å². The first kappa shape index (κ1) is 25.9. The molecule has 0 fully saturated rings. The van der Waals surface area contributed by atoms with Crippen LogP contribution in [0.5, 0.6) is 0 Å². The molecule has 38 heavy (non-hydrogen) atoms. The Balaban J connectivity index is 1.73. The predicted octanol–water partition coefficient (Wildman–Crippen LogP) is 7.91. The van der Waals surface area contributed by atoms with Crippen molar-refractivity contribution in [1.82, 2.24) is 0 Å². The molecular weight excluding hydrogens is 466 g/mol. The number of aromatic nitrogens is 1. The smallest absolute Gasteiger partial charge is 0.220 e. The van der Waals surface area contributed by atoms with Crippen LogP contribution in [-0.2, 0) is 26.9 Å². The Labute approximate surface area is 226 Å². The fourth-order valence-electron chi connectivity index (χ4n) is 5.94. The number of hydrogen-bond donors (Lipinski definition) is 0. The quantitative estimate of drug-likeness (QED) is 0.152. The van der Waals surface area contributed by atoms with E-state index >= 15 is 0 Å². The molecule has 1 aromatic heterocycles. The first-order chi connectivity index (χ1) is 18.0. The lowest BCUT2D eigenvalue weighted by Crippen LogP contribution is -2.39. The number of allylic oxidation sites excluding steroid dienone is 2. The van der Waals surface area contributed by atoms with Gasteiger partial charge in [-0.1, -0.05) is 77.1 Å². The van der Waals surface area contributed by atoms with Gasteiger partial charge in [-0.3, -0.25) is 4.79 Å². The van der Waals surface area contributed by atoms with Crippen LogP contribution >= 0.6 is 0 Å². The number of ether oxygens (including phenoxy) is 1. The minimum Gasteiger partial charge on any atom is -0.491 e. The van der Waals surface area contributed by atoms with Crippen LogP contribution in [0.1, 0.15) is 65.2 Å². The van der Waals surface area contributed by atoms with Crippen molar-refractivity contribution in [3.63, 3.8) is 0 Å². The number of carbonyl (C=O) groups excluding carboxylic acids is 1. The number of hydrogen-bond acceptors (Lipinski definition) is 2. The Hall–Kier alpha value is -3.72. The van der Waals surface area contributed by atoms with Crippen LogP contribution in [0.4, 0.5) is 0 Å². The largest absolute Gasteiger partial charge is 0.491 e. The van der Waals surface area contributed by atoms with Crippen LogP contribution in [0.3, 0.4) is 0 Å². The first-order valence-corrected chi connectivity index (χ1v) is 13.5. The Morgan fingerprint density at radius 2 is 1.61 bits per heavy atom. The van der Waals surface area contributed by atoms with Crippen LogP contribution in [-0.4, -0.2) is 12.4 Å². The minimum atomic E-state index is -0.0792. The second kappa shape index (κ2) is 9.54. The second-order valence-electron chi connectivity index (χ2n) is 12.0. The van der Waals surface area contributed by atoms with E-state index in [0.29, 0.717) is 18.9 Å². The highest BCUT2D eigenvalue weighted by Gasteiger charge is 2.38. The van der Waals surface area contributed by atoms with Gasteiger partial charge < -0.3 is 4.74 Å². The summed E-state index contributed by atoms with van der Waals surface area (Å²) in [6.07, 6.45) is 3.72. The Bertz CT molecular complexity index is 1580. The van der Waals surface area contributed by atoms with Crippen LogP contribution in [0.25, 0.3) is 33.2 Å². The summed E-state index contributed by atoms with van der Waals surface area (Å²) < 4.78 is 8.24. The molecule has 1 aliphatic carbocycles. The van der Waals surface area contributed by atoms with E-state index in [0.717, 1.165) is 0 Å². The predicted molar refractivity (Wildman–Crippen MR) is 156 cm³/mol. The van der Waals surface area contributed by atoms with Crippen LogP contribution in [0.15, 0.2) is 84.8 Å². The highest BCUT2D eigenvalue weighted by Crippen LogP contribution is 2.51. The number of benzene rings is 3. The van der Waals surface area contributed by atoms with Crippen molar-refractivity contribution in [3.05, 3.63) is 101 Å². The number of fused-ring (bicyclic) bond motifs is 4. The molecule has 1 heterocycles. The monoisotopic (exact) mass is 504 g/mol. The molecule has 3 nitrogen and oxygen atoms in total. The molecule has 194 valence electrons. The fraction of sp³-hybridized carbons (Fsp3) is 0.314. The minimum absolute atomic E-state index is 0.00174. The van der Waals surface area contributed by atoms with Crippen LogP contribution < -0.4 is 4.57 Å². The Morgan fingerprint density at radius 1 is 0.895 bits per heavy atom. The molecule has 0 N–H and O–H groups in total. The molecule has 0 saturated heterocycles. The van der Waals surface area contributed by atoms with E-state index in [2.05, 4.69) is 112 Å². The zero-order valence-electron chi connectivity index (χ0n) is 23.7. The van der Waals surface area contributed by atoms with Crippen molar-refractivity contribution in [2.75, 3.05) is 6.61 Å². The molecule has 5 rings (SSSR count). The zero-order valence-corrected chi connectivity index (χ0v) is 23.7. The Kier molecular flexibility index (Phi) is 6.51. The molecule has 0 amide bonds. The average molecular weight is 505 g/mol. The lowest BCUT2D eigenvalue weighted by Gasteiger charge is -2.27. The van der Waals surface area contributed by atoms with Gasteiger partial charge in [0.05, 0.1) is 16.7 Å². The molecule has 0 radical (unpaired) electrons. The number of nitrogens with zero attached hydrogens (tertiary/aromatic N) is 1. The van der Waals surface area contributed by atoms with Crippen LogP contribution in [0, 0.1) is 0 Å². The van der Waals surface area contributed by atoms with E-state index in [-0.39, 0.29) is 16.6 Å². The Morgan fingerprint density at radius 3 is 2.34 bits per heavy atom. The third-order valence-electron chi connectivity index (χ3n) is 7.79. The third-order valence-corrected chi connectivity index (χ3v) is 7.79. The normalized spacial score (nSPS) is 14.3. The second-order valence-corrected chi connectivity index (χ2v) is 12.0. The van der Waals surface area contributed by atoms with Gasteiger partial charge in [-0.2, -0.15) is 4.57 Å². The molecule has 0 atom stereocenters. The molecule has 0 saturated carbocycles. The maximum Gasteiger partial charge on any atom is 0.220 e. The average Bonchev–Trinajstić information content (AvgIpc) is 3.08. The summed E-state index contributed by atoms with van der Waals surface area (Å²) in [6, 6.07) is 24.6. The van der Waals surface area contributed by atoms with Gasteiger partial charge in [0.15, 0.2) is 18.5 Å². The molecule has 1 aliphatic rings. The molecule has 0 spiro atoms. The highest BCUT2D eigenvalue weighted by molar-refractivity contribution is 5.95. The topological polar surface area (TPSA) is 30.2 Å². The highest BCUT2D eigenvalue weighted by atomic mass is 16.5. The SMILES string of the molecule is CC(=O)/C=C(/C)OCC[n+]1ccc2ccccc2c1-c1cc2c(cc1C(C)(C)C)-c1ccccc1C2(C)C. The summed E-state index contributed by atoms with van der Waals surface area (Å²) in [4.78, 5) is 11.5. The summed E-state index contributed by atoms with van der Waals surface area (Å²) in [7, 11) is 0. The van der Waals surface area contributed by atoms with Gasteiger partial charge in [0.25, 0.3) is 0 Å². The van der Waals surface area contributed by atoms with E-state index in [1.807, 2.05) is 6.92 Å². The van der Waals surface area contributed by atoms with E-state index in [1.165, 1.54) is 49.8 Å². The van der Waals surface area contributed by atoms with Gasteiger partial charge in [0.1, 0.15) is 6.61 Å². The molecule has 3 aromatic carbocycles. The number of pyridine rings is 1. The fourth-order valence-corrected chi connectivity index (χ4v) is 5.94. The number of rotatable bonds is 6. The third kappa shape index (κ3) is 4.55. The molecule has 0 aliphatic heterocycles. The van der Waals surface area contributed by atoms with Gasteiger partial charge in [-0.05, 0) is 70.7 Å². The molecule has 0 unspecified atom stereocenters. The lowest BCUT2D eigenvalue weighted by atomic mass is 9.77. The summed E-state index contributed by atoms with van der Waals surface area (Å²) >= 11 is 0. The van der Waals surface area contributed by atoms with Crippen molar-refractivity contribution >= 4 is 16.6 Å². The van der Waals surface area contributed by atoms with Gasteiger partial charge in [-0.25, -0.2) is 0 Å². The number of ketones is 1.